The summed E-state index contributed by atoms with van der Waals surface area (Å²) in [4.78, 5) is 31.9. The second-order valence-corrected chi connectivity index (χ2v) is 5.36. The Morgan fingerprint density at radius 2 is 2.15 bits per heavy atom. The van der Waals surface area contributed by atoms with E-state index in [-0.39, 0.29) is 23.6 Å². The Hall–Kier alpha value is -1.69. The van der Waals surface area contributed by atoms with Crippen LogP contribution in [-0.2, 0) is 0 Å². The Kier molecular flexibility index (Phi) is 4.89. The van der Waals surface area contributed by atoms with Gasteiger partial charge in [0.1, 0.15) is 5.69 Å². The van der Waals surface area contributed by atoms with Gasteiger partial charge in [0.2, 0.25) is 0 Å². The van der Waals surface area contributed by atoms with Crippen molar-refractivity contribution in [1.82, 2.24) is 14.9 Å². The molecule has 1 fully saturated rings. The molecule has 1 aliphatic carbocycles. The number of hydrogen-bond acceptors (Lipinski definition) is 4. The summed E-state index contributed by atoms with van der Waals surface area (Å²) in [5.41, 5.74) is 5.92. The SMILES string of the molecule is CCCN(C(=O)c1c[nH]c(=O)cn1)C1CCC(N)CC1. The summed E-state index contributed by atoms with van der Waals surface area (Å²) < 4.78 is 0. The lowest BCUT2D eigenvalue weighted by atomic mass is 9.90. The highest BCUT2D eigenvalue weighted by Gasteiger charge is 2.28. The molecule has 3 N–H and O–H groups in total. The number of rotatable bonds is 4. The maximum absolute atomic E-state index is 12.5. The third-order valence-corrected chi connectivity index (χ3v) is 3.80. The molecular weight excluding hydrogens is 256 g/mol. The average Bonchev–Trinajstić information content (AvgIpc) is 2.46. The maximum atomic E-state index is 12.5. The molecule has 0 saturated heterocycles. The van der Waals surface area contributed by atoms with Crippen LogP contribution >= 0.6 is 0 Å². The minimum Gasteiger partial charge on any atom is -0.334 e. The highest BCUT2D eigenvalue weighted by Crippen LogP contribution is 2.23. The number of nitrogens with zero attached hydrogens (tertiary/aromatic N) is 2. The van der Waals surface area contributed by atoms with Crippen molar-refractivity contribution in [3.05, 3.63) is 28.4 Å². The van der Waals surface area contributed by atoms with E-state index < -0.39 is 0 Å². The van der Waals surface area contributed by atoms with Crippen LogP contribution in [0.2, 0.25) is 0 Å². The Labute approximate surface area is 118 Å². The fraction of sp³-hybridized carbons (Fsp3) is 0.643. The quantitative estimate of drug-likeness (QED) is 0.855. The molecule has 2 rings (SSSR count). The zero-order valence-corrected chi connectivity index (χ0v) is 11.8. The Morgan fingerprint density at radius 1 is 1.45 bits per heavy atom. The first-order valence-corrected chi connectivity index (χ1v) is 7.23. The topological polar surface area (TPSA) is 92.1 Å². The third kappa shape index (κ3) is 3.45. The molecule has 1 aromatic heterocycles. The van der Waals surface area contributed by atoms with E-state index in [1.807, 2.05) is 4.90 Å². The summed E-state index contributed by atoms with van der Waals surface area (Å²) in [6.07, 6.45) is 7.23. The summed E-state index contributed by atoms with van der Waals surface area (Å²) >= 11 is 0. The highest BCUT2D eigenvalue weighted by atomic mass is 16.2. The van der Waals surface area contributed by atoms with Crippen LogP contribution in [0.4, 0.5) is 0 Å². The van der Waals surface area contributed by atoms with E-state index in [0.717, 1.165) is 38.3 Å². The molecule has 0 bridgehead atoms. The predicted molar refractivity (Wildman–Crippen MR) is 76.4 cm³/mol. The number of nitrogens with one attached hydrogen (secondary N) is 1. The summed E-state index contributed by atoms with van der Waals surface area (Å²) in [5, 5.41) is 0. The van der Waals surface area contributed by atoms with Crippen LogP contribution in [-0.4, -0.2) is 39.4 Å². The molecule has 1 heterocycles. The molecule has 1 saturated carbocycles. The number of hydrogen-bond donors (Lipinski definition) is 2. The maximum Gasteiger partial charge on any atom is 0.274 e. The fourth-order valence-electron chi connectivity index (χ4n) is 2.71. The number of aromatic nitrogens is 2. The van der Waals surface area contributed by atoms with Crippen molar-refractivity contribution in [3.63, 3.8) is 0 Å². The van der Waals surface area contributed by atoms with Gasteiger partial charge in [0.25, 0.3) is 11.5 Å². The lowest BCUT2D eigenvalue weighted by molar-refractivity contribution is 0.0620. The van der Waals surface area contributed by atoms with Crippen molar-refractivity contribution >= 4 is 5.91 Å². The Bertz CT molecular complexity index is 486. The number of amides is 1. The van der Waals surface area contributed by atoms with Gasteiger partial charge in [-0.3, -0.25) is 9.59 Å². The monoisotopic (exact) mass is 278 g/mol. The van der Waals surface area contributed by atoms with Crippen LogP contribution in [0.3, 0.4) is 0 Å². The van der Waals surface area contributed by atoms with Gasteiger partial charge in [0.05, 0.1) is 6.20 Å². The lowest BCUT2D eigenvalue weighted by Crippen LogP contribution is -2.45. The minimum atomic E-state index is -0.299. The van der Waals surface area contributed by atoms with Gasteiger partial charge < -0.3 is 15.6 Å². The third-order valence-electron chi connectivity index (χ3n) is 3.80. The normalized spacial score (nSPS) is 22.5. The summed E-state index contributed by atoms with van der Waals surface area (Å²) in [6.45, 7) is 2.76. The van der Waals surface area contributed by atoms with Crippen LogP contribution in [0.5, 0.6) is 0 Å². The van der Waals surface area contributed by atoms with Gasteiger partial charge in [0, 0.05) is 24.8 Å². The molecule has 1 aromatic rings. The first-order valence-electron chi connectivity index (χ1n) is 7.23. The molecule has 0 aromatic carbocycles. The van der Waals surface area contributed by atoms with Gasteiger partial charge in [-0.15, -0.1) is 0 Å². The molecule has 0 aliphatic heterocycles. The molecule has 0 radical (unpaired) electrons. The number of aromatic amines is 1. The molecule has 1 aliphatic rings. The molecule has 0 unspecified atom stereocenters. The van der Waals surface area contributed by atoms with Gasteiger partial charge in [-0.25, -0.2) is 4.98 Å². The molecule has 0 atom stereocenters. The van der Waals surface area contributed by atoms with E-state index in [0.29, 0.717) is 12.2 Å². The van der Waals surface area contributed by atoms with Gasteiger partial charge in [-0.05, 0) is 32.1 Å². The molecule has 6 nitrogen and oxygen atoms in total. The number of carbonyl (C=O) groups is 1. The summed E-state index contributed by atoms with van der Waals surface area (Å²) in [7, 11) is 0. The Morgan fingerprint density at radius 3 is 2.70 bits per heavy atom. The number of H-pyrrole nitrogens is 1. The largest absolute Gasteiger partial charge is 0.334 e. The van der Waals surface area contributed by atoms with E-state index >= 15 is 0 Å². The van der Waals surface area contributed by atoms with Crippen molar-refractivity contribution in [3.8, 4) is 0 Å². The average molecular weight is 278 g/mol. The summed E-state index contributed by atoms with van der Waals surface area (Å²) in [6, 6.07) is 0.493. The van der Waals surface area contributed by atoms with Crippen LogP contribution in [0, 0.1) is 0 Å². The van der Waals surface area contributed by atoms with Gasteiger partial charge in [-0.2, -0.15) is 0 Å². The van der Waals surface area contributed by atoms with Crippen molar-refractivity contribution in [2.45, 2.75) is 51.1 Å². The van der Waals surface area contributed by atoms with Crippen molar-refractivity contribution in [1.29, 1.82) is 0 Å². The van der Waals surface area contributed by atoms with Crippen molar-refractivity contribution in [2.75, 3.05) is 6.54 Å². The predicted octanol–water partition coefficient (Wildman–Crippen LogP) is 0.892. The first kappa shape index (κ1) is 14.7. The smallest absolute Gasteiger partial charge is 0.274 e. The zero-order chi connectivity index (χ0) is 14.5. The highest BCUT2D eigenvalue weighted by molar-refractivity contribution is 5.92. The first-order chi connectivity index (χ1) is 9.61. The lowest BCUT2D eigenvalue weighted by Gasteiger charge is -2.35. The zero-order valence-electron chi connectivity index (χ0n) is 11.8. The number of carbonyl (C=O) groups excluding carboxylic acids is 1. The van der Waals surface area contributed by atoms with Crippen molar-refractivity contribution < 1.29 is 4.79 Å². The minimum absolute atomic E-state index is 0.108. The van der Waals surface area contributed by atoms with Crippen LogP contribution < -0.4 is 11.3 Å². The van der Waals surface area contributed by atoms with Crippen molar-refractivity contribution in [2.24, 2.45) is 5.73 Å². The number of nitrogens with two attached hydrogens (primary N) is 1. The molecule has 110 valence electrons. The van der Waals surface area contributed by atoms with Crippen LogP contribution in [0.1, 0.15) is 49.5 Å². The van der Waals surface area contributed by atoms with Gasteiger partial charge in [0.15, 0.2) is 0 Å². The standard InChI is InChI=1S/C14H22N4O2/c1-2-7-18(11-5-3-10(15)4-6-11)14(20)12-8-17-13(19)9-16-12/h8-11H,2-7,15H2,1H3,(H,17,19). The van der Waals surface area contributed by atoms with E-state index in [2.05, 4.69) is 16.9 Å². The van der Waals surface area contributed by atoms with Gasteiger partial charge in [-0.1, -0.05) is 6.92 Å². The molecule has 0 spiro atoms. The second-order valence-electron chi connectivity index (χ2n) is 5.36. The summed E-state index contributed by atoms with van der Waals surface area (Å²) in [5.74, 6) is -0.108. The fourth-order valence-corrected chi connectivity index (χ4v) is 2.71. The van der Waals surface area contributed by atoms with E-state index in [9.17, 15) is 9.59 Å². The Balaban J connectivity index is 2.13. The van der Waals surface area contributed by atoms with Crippen LogP contribution in [0.15, 0.2) is 17.2 Å². The molecule has 20 heavy (non-hydrogen) atoms. The van der Waals surface area contributed by atoms with Crippen LogP contribution in [0.25, 0.3) is 0 Å². The van der Waals surface area contributed by atoms with E-state index in [1.165, 1.54) is 6.20 Å². The molecule has 1 amide bonds. The van der Waals surface area contributed by atoms with Gasteiger partial charge >= 0.3 is 0 Å². The second kappa shape index (κ2) is 6.65. The molecule has 6 heteroatoms. The van der Waals surface area contributed by atoms with E-state index in [1.54, 1.807) is 0 Å². The van der Waals surface area contributed by atoms with E-state index in [4.69, 9.17) is 5.73 Å². The molecular formula is C14H22N4O2.